The summed E-state index contributed by atoms with van der Waals surface area (Å²) in [5.74, 6) is -1.14. The van der Waals surface area contributed by atoms with Crippen molar-refractivity contribution < 1.29 is 57.7 Å². The Morgan fingerprint density at radius 3 is 1.27 bits per heavy atom. The number of carbonyl (C=O) groups excluding carboxylic acids is 6. The summed E-state index contributed by atoms with van der Waals surface area (Å²) in [7, 11) is 3.01. The first kappa shape index (κ1) is 57.9. The second kappa shape index (κ2) is 26.3. The van der Waals surface area contributed by atoms with E-state index in [0.717, 1.165) is 25.1 Å². The van der Waals surface area contributed by atoms with Gasteiger partial charge >= 0.3 is 24.2 Å². The summed E-state index contributed by atoms with van der Waals surface area (Å²) in [6.45, 7) is 20.8. The zero-order valence-electron chi connectivity index (χ0n) is 41.2. The number of halogens is 1. The van der Waals surface area contributed by atoms with Crippen LogP contribution in [0.15, 0.2) is 60.7 Å². The predicted molar refractivity (Wildman–Crippen MR) is 255 cm³/mol. The zero-order chi connectivity index (χ0) is 49.4. The summed E-state index contributed by atoms with van der Waals surface area (Å²) in [5.41, 5.74) is 0.0132. The molecule has 4 amide bonds. The van der Waals surface area contributed by atoms with Crippen LogP contribution in [0.4, 0.5) is 14.4 Å². The Kier molecular flexibility index (Phi) is 22.7. The Hall–Kier alpha value is -5.26. The summed E-state index contributed by atoms with van der Waals surface area (Å²) < 4.78 is 15.7. The molecule has 0 bridgehead atoms. The van der Waals surface area contributed by atoms with Gasteiger partial charge in [-0.2, -0.15) is 0 Å². The monoisotopic (exact) mass is 960 g/mol. The van der Waals surface area contributed by atoms with Crippen molar-refractivity contribution in [3.05, 3.63) is 71.8 Å². The minimum absolute atomic E-state index is 0. The number of hydroxylamine groups is 2. The topological polar surface area (TPSA) is 202 Å². The van der Waals surface area contributed by atoms with Crippen LogP contribution in [0.5, 0.6) is 0 Å². The van der Waals surface area contributed by atoms with Crippen LogP contribution >= 0.6 is 12.4 Å². The zero-order valence-corrected chi connectivity index (χ0v) is 42.0. The van der Waals surface area contributed by atoms with E-state index in [4.69, 9.17) is 24.2 Å². The molecule has 4 aliphatic heterocycles. The summed E-state index contributed by atoms with van der Waals surface area (Å²) in [5, 5.41) is 13.2. The number of nitrogens with zero attached hydrogens (tertiary/aromatic N) is 4. The van der Waals surface area contributed by atoms with E-state index in [1.165, 1.54) is 17.1 Å². The Bertz CT molecular complexity index is 1930. The smallest absolute Gasteiger partial charge is 0.410 e. The standard InChI is InChI=1S/C16H21NO3.C12H22N2O4.C11H13NO.C10H17NO4.ClH/c1-16(2,3)20-15(19)17-10-9-13(11-17)14(18)12-7-5-4-6-8-12;1-12(2,3)18-11(16)14-7-6-9(8-14)10(15)13(4)17-5;13-11(10-6-7-12-8-10)9-4-2-1-3-5-9;1-10(2,3)15-9(14)11-5-4-7(6-11)8(12)13;/h4-8,13H,9-11H2,1-3H3;9H,6-8H2,1-5H3;1-5,10,12H,6-8H2;7H,4-6H2,1-3H3,(H,12,13);1H. The molecule has 4 atom stereocenters. The van der Waals surface area contributed by atoms with Gasteiger partial charge in [0.1, 0.15) is 16.8 Å². The molecular formula is C49H74ClN5O12. The molecule has 2 aromatic rings. The van der Waals surface area contributed by atoms with Crippen LogP contribution in [0, 0.1) is 23.7 Å². The quantitative estimate of drug-likeness (QED) is 0.156. The van der Waals surface area contributed by atoms with E-state index < -0.39 is 34.8 Å². The number of hydrogen-bond donors (Lipinski definition) is 2. The molecular weight excluding hydrogens is 886 g/mol. The van der Waals surface area contributed by atoms with Crippen molar-refractivity contribution in [2.75, 3.05) is 66.5 Å². The van der Waals surface area contributed by atoms with Crippen LogP contribution < -0.4 is 5.32 Å². The first-order valence-corrected chi connectivity index (χ1v) is 22.7. The van der Waals surface area contributed by atoms with E-state index >= 15 is 0 Å². The molecule has 0 aromatic heterocycles. The number of carbonyl (C=O) groups is 7. The lowest BCUT2D eigenvalue weighted by atomic mass is 9.97. The van der Waals surface area contributed by atoms with Crippen molar-refractivity contribution in [1.82, 2.24) is 25.1 Å². The van der Waals surface area contributed by atoms with Gasteiger partial charge in [-0.3, -0.25) is 24.0 Å². The van der Waals surface area contributed by atoms with Gasteiger partial charge in [0.25, 0.3) is 5.91 Å². The molecule has 2 N–H and O–H groups in total. The number of carboxylic acids is 1. The first-order chi connectivity index (χ1) is 30.8. The highest BCUT2D eigenvalue weighted by Crippen LogP contribution is 2.24. The highest BCUT2D eigenvalue weighted by molar-refractivity contribution is 5.99. The van der Waals surface area contributed by atoms with Crippen LogP contribution in [0.1, 0.15) is 109 Å². The molecule has 4 unspecified atom stereocenters. The first-order valence-electron chi connectivity index (χ1n) is 22.7. The lowest BCUT2D eigenvalue weighted by Gasteiger charge is -2.24. The Morgan fingerprint density at radius 2 is 0.925 bits per heavy atom. The molecule has 17 nitrogen and oxygen atoms in total. The average molecular weight is 961 g/mol. The van der Waals surface area contributed by atoms with Gasteiger partial charge < -0.3 is 39.3 Å². The van der Waals surface area contributed by atoms with Crippen molar-refractivity contribution in [3.63, 3.8) is 0 Å². The average Bonchev–Trinajstić information content (AvgIpc) is 4.10. The molecule has 4 aliphatic rings. The Morgan fingerprint density at radius 1 is 0.567 bits per heavy atom. The fourth-order valence-corrected chi connectivity index (χ4v) is 7.28. The fraction of sp³-hybridized carbons (Fsp3) is 0.612. The summed E-state index contributed by atoms with van der Waals surface area (Å²) in [6, 6.07) is 18.8. The van der Waals surface area contributed by atoms with Crippen molar-refractivity contribution >= 4 is 54.1 Å². The van der Waals surface area contributed by atoms with Crippen LogP contribution in [0.25, 0.3) is 0 Å². The van der Waals surface area contributed by atoms with Crippen molar-refractivity contribution in [3.8, 4) is 0 Å². The molecule has 0 saturated carbocycles. The van der Waals surface area contributed by atoms with Crippen molar-refractivity contribution in [2.24, 2.45) is 23.7 Å². The minimum atomic E-state index is -0.846. The summed E-state index contributed by atoms with van der Waals surface area (Å²) >= 11 is 0. The molecule has 0 aliphatic carbocycles. The van der Waals surface area contributed by atoms with Gasteiger partial charge in [0.15, 0.2) is 11.6 Å². The normalized spacial score (nSPS) is 20.0. The van der Waals surface area contributed by atoms with Crippen LogP contribution in [0.2, 0.25) is 0 Å². The van der Waals surface area contributed by atoms with E-state index in [9.17, 15) is 33.6 Å². The second-order valence-electron chi connectivity index (χ2n) is 19.7. The van der Waals surface area contributed by atoms with E-state index in [2.05, 4.69) is 5.32 Å². The second-order valence-corrected chi connectivity index (χ2v) is 19.7. The fourth-order valence-electron chi connectivity index (χ4n) is 7.28. The molecule has 6 rings (SSSR count). The number of likely N-dealkylation sites (tertiary alicyclic amines) is 3. The van der Waals surface area contributed by atoms with Gasteiger partial charge in [-0.25, -0.2) is 19.4 Å². The van der Waals surface area contributed by atoms with Gasteiger partial charge in [-0.1, -0.05) is 60.7 Å². The minimum Gasteiger partial charge on any atom is -0.481 e. The molecule has 0 radical (unpaired) electrons. The highest BCUT2D eigenvalue weighted by atomic mass is 35.5. The van der Waals surface area contributed by atoms with E-state index in [1.807, 2.05) is 102 Å². The SMILES string of the molecule is CC(C)(C)OC(=O)N1CCC(C(=O)O)C1.CC(C)(C)OC(=O)N1CCC(C(=O)c2ccccc2)C1.CON(C)C(=O)C1CCN(C(=O)OC(C)(C)C)C1.Cl.O=C(c1ccccc1)C1CCNC1. The lowest BCUT2D eigenvalue weighted by molar-refractivity contribution is -0.172. The van der Waals surface area contributed by atoms with Crippen LogP contribution in [-0.2, 0) is 28.6 Å². The van der Waals surface area contributed by atoms with E-state index in [0.29, 0.717) is 57.5 Å². The third-order valence-corrected chi connectivity index (χ3v) is 10.7. The number of benzene rings is 2. The number of nitrogens with one attached hydrogen (secondary N) is 1. The van der Waals surface area contributed by atoms with Gasteiger partial charge in [0, 0.05) is 75.8 Å². The molecule has 374 valence electrons. The van der Waals surface area contributed by atoms with Gasteiger partial charge in [-0.05, 0) is 94.5 Å². The maximum absolute atomic E-state index is 12.3. The number of carboxylic acid groups (broad SMARTS) is 1. The molecule has 67 heavy (non-hydrogen) atoms. The maximum atomic E-state index is 12.3. The number of ether oxygens (including phenoxy) is 3. The molecule has 2 aromatic carbocycles. The number of amides is 4. The lowest BCUT2D eigenvalue weighted by Crippen LogP contribution is -2.37. The highest BCUT2D eigenvalue weighted by Gasteiger charge is 2.36. The Labute approximate surface area is 402 Å². The molecule has 4 fully saturated rings. The number of aliphatic carboxylic acids is 1. The van der Waals surface area contributed by atoms with Gasteiger partial charge in [0.2, 0.25) is 0 Å². The van der Waals surface area contributed by atoms with Crippen LogP contribution in [0.3, 0.4) is 0 Å². The maximum Gasteiger partial charge on any atom is 0.410 e. The van der Waals surface area contributed by atoms with Crippen LogP contribution in [-0.4, -0.2) is 150 Å². The van der Waals surface area contributed by atoms with Gasteiger partial charge in [0.05, 0.1) is 18.9 Å². The third kappa shape index (κ3) is 20.2. The van der Waals surface area contributed by atoms with Crippen molar-refractivity contribution in [1.29, 1.82) is 0 Å². The van der Waals surface area contributed by atoms with E-state index in [-0.39, 0.29) is 66.4 Å². The van der Waals surface area contributed by atoms with Gasteiger partial charge in [-0.15, -0.1) is 12.4 Å². The molecule has 18 heteroatoms. The Balaban J connectivity index is 0.000000309. The summed E-state index contributed by atoms with van der Waals surface area (Å²) in [6.07, 6.45) is 1.71. The molecule has 4 saturated heterocycles. The number of Topliss-reactive ketones (excluding diaryl/α,β-unsaturated/α-hetero) is 2. The summed E-state index contributed by atoms with van der Waals surface area (Å²) in [4.78, 5) is 91.5. The van der Waals surface area contributed by atoms with Crippen molar-refractivity contribution in [2.45, 2.75) is 105 Å². The van der Waals surface area contributed by atoms with E-state index in [1.54, 1.807) is 37.6 Å². The molecule has 4 heterocycles. The number of ketones is 2. The number of hydrogen-bond acceptors (Lipinski definition) is 12. The largest absolute Gasteiger partial charge is 0.481 e. The third-order valence-electron chi connectivity index (χ3n) is 10.7. The predicted octanol–water partition coefficient (Wildman–Crippen LogP) is 7.62. The number of rotatable bonds is 7. The molecule has 0 spiro atoms.